The van der Waals surface area contributed by atoms with Crippen molar-refractivity contribution in [3.63, 3.8) is 0 Å². The maximum Gasteiger partial charge on any atom is 0.162 e. The Morgan fingerprint density at radius 1 is 1.10 bits per heavy atom. The Morgan fingerprint density at radius 2 is 1.97 bits per heavy atom. The van der Waals surface area contributed by atoms with Gasteiger partial charge in [0.1, 0.15) is 19.0 Å². The largest absolute Gasteiger partial charge is 0.486 e. The third kappa shape index (κ3) is 3.51. The molecule has 0 aliphatic carbocycles. The molecule has 7 nitrogen and oxygen atoms in total. The molecule has 0 N–H and O–H groups in total. The first-order chi connectivity index (χ1) is 14.2. The van der Waals surface area contributed by atoms with Gasteiger partial charge in [0.05, 0.1) is 11.7 Å². The standard InChI is InChI=1S/C22H27N5O2/c1-25-10-8-23-22(25)18-5-3-4-9-27(18)15-17-14-26(2)24-21(17)16-6-7-19-20(13-16)29-12-11-28-19/h6-8,10,13-14,18H,3-5,9,11-12,15H2,1-2H3. The number of imidazole rings is 1. The normalized spacial score (nSPS) is 19.4. The van der Waals surface area contributed by atoms with E-state index in [1.165, 1.54) is 18.4 Å². The Morgan fingerprint density at radius 3 is 2.79 bits per heavy atom. The highest BCUT2D eigenvalue weighted by atomic mass is 16.6. The fourth-order valence-corrected chi connectivity index (χ4v) is 4.48. The number of fused-ring (bicyclic) bond motifs is 1. The van der Waals surface area contributed by atoms with Gasteiger partial charge in [0, 0.05) is 50.4 Å². The number of rotatable bonds is 4. The molecular formula is C22H27N5O2. The van der Waals surface area contributed by atoms with Crippen LogP contribution in [0, 0.1) is 0 Å². The molecule has 1 aromatic carbocycles. The van der Waals surface area contributed by atoms with E-state index in [9.17, 15) is 0 Å². The molecule has 4 heterocycles. The van der Waals surface area contributed by atoms with E-state index in [0.717, 1.165) is 48.1 Å². The molecule has 0 saturated carbocycles. The summed E-state index contributed by atoms with van der Waals surface area (Å²) in [5, 5.41) is 4.77. The van der Waals surface area contributed by atoms with Gasteiger partial charge in [-0.15, -0.1) is 0 Å². The summed E-state index contributed by atoms with van der Waals surface area (Å²) in [7, 11) is 4.07. The second kappa shape index (κ2) is 7.55. The van der Waals surface area contributed by atoms with Crippen LogP contribution in [-0.4, -0.2) is 44.0 Å². The first-order valence-corrected chi connectivity index (χ1v) is 10.3. The molecular weight excluding hydrogens is 366 g/mol. The molecule has 0 radical (unpaired) electrons. The van der Waals surface area contributed by atoms with Gasteiger partial charge in [-0.3, -0.25) is 9.58 Å². The minimum absolute atomic E-state index is 0.345. The molecule has 1 saturated heterocycles. The number of hydrogen-bond acceptors (Lipinski definition) is 5. The average Bonchev–Trinajstić information content (AvgIpc) is 3.33. The van der Waals surface area contributed by atoms with Crippen molar-refractivity contribution in [2.24, 2.45) is 14.1 Å². The molecule has 1 fully saturated rings. The van der Waals surface area contributed by atoms with Gasteiger partial charge in [0.2, 0.25) is 0 Å². The van der Waals surface area contributed by atoms with E-state index >= 15 is 0 Å². The summed E-state index contributed by atoms with van der Waals surface area (Å²) in [5.74, 6) is 2.76. The Hall–Kier alpha value is -2.80. The summed E-state index contributed by atoms with van der Waals surface area (Å²) in [6.07, 6.45) is 9.68. The average molecular weight is 393 g/mol. The van der Waals surface area contributed by atoms with Crippen molar-refractivity contribution in [1.29, 1.82) is 0 Å². The zero-order chi connectivity index (χ0) is 19.8. The number of ether oxygens (including phenoxy) is 2. The minimum atomic E-state index is 0.345. The van der Waals surface area contributed by atoms with Crippen LogP contribution < -0.4 is 9.47 Å². The molecule has 1 atom stereocenters. The molecule has 152 valence electrons. The molecule has 2 aliphatic rings. The summed E-state index contributed by atoms with van der Waals surface area (Å²) < 4.78 is 15.5. The lowest BCUT2D eigenvalue weighted by atomic mass is 9.99. The van der Waals surface area contributed by atoms with Gasteiger partial charge in [-0.25, -0.2) is 4.98 Å². The molecule has 7 heteroatoms. The molecule has 1 unspecified atom stereocenters. The third-order valence-electron chi connectivity index (χ3n) is 5.86. The van der Waals surface area contributed by atoms with E-state index < -0.39 is 0 Å². The van der Waals surface area contributed by atoms with Crippen molar-refractivity contribution >= 4 is 0 Å². The van der Waals surface area contributed by atoms with Gasteiger partial charge < -0.3 is 14.0 Å². The number of hydrogen-bond donors (Lipinski definition) is 0. The van der Waals surface area contributed by atoms with Gasteiger partial charge in [0.15, 0.2) is 11.5 Å². The van der Waals surface area contributed by atoms with Crippen LogP contribution in [-0.2, 0) is 20.6 Å². The SMILES string of the molecule is Cn1cc(CN2CCCCC2c2nccn2C)c(-c2ccc3c(c2)OCCO3)n1. The predicted molar refractivity (Wildman–Crippen MR) is 110 cm³/mol. The maximum absolute atomic E-state index is 5.78. The number of piperidine rings is 1. The first-order valence-electron chi connectivity index (χ1n) is 10.3. The van der Waals surface area contributed by atoms with Crippen molar-refractivity contribution in [2.75, 3.05) is 19.8 Å². The van der Waals surface area contributed by atoms with Crippen molar-refractivity contribution in [2.45, 2.75) is 31.8 Å². The topological polar surface area (TPSA) is 57.3 Å². The summed E-state index contributed by atoms with van der Waals surface area (Å²) in [6, 6.07) is 6.45. The highest BCUT2D eigenvalue weighted by molar-refractivity contribution is 5.66. The van der Waals surface area contributed by atoms with Crippen LogP contribution in [0.25, 0.3) is 11.3 Å². The zero-order valence-electron chi connectivity index (χ0n) is 17.0. The van der Waals surface area contributed by atoms with Crippen LogP contribution in [0.4, 0.5) is 0 Å². The highest BCUT2D eigenvalue weighted by Crippen LogP contribution is 2.37. The van der Waals surface area contributed by atoms with Gasteiger partial charge in [-0.1, -0.05) is 6.42 Å². The quantitative estimate of drug-likeness (QED) is 0.681. The monoisotopic (exact) mass is 393 g/mol. The van der Waals surface area contributed by atoms with Crippen molar-refractivity contribution in [3.05, 3.63) is 48.2 Å². The summed E-state index contributed by atoms with van der Waals surface area (Å²) in [4.78, 5) is 7.18. The fraction of sp³-hybridized carbons (Fsp3) is 0.455. The zero-order valence-corrected chi connectivity index (χ0v) is 17.0. The Labute approximate surface area is 170 Å². The van der Waals surface area contributed by atoms with E-state index in [0.29, 0.717) is 19.3 Å². The second-order valence-corrected chi connectivity index (χ2v) is 7.91. The van der Waals surface area contributed by atoms with E-state index in [4.69, 9.17) is 14.6 Å². The molecule has 5 rings (SSSR count). The van der Waals surface area contributed by atoms with Crippen LogP contribution in [0.3, 0.4) is 0 Å². The predicted octanol–water partition coefficient (Wildman–Crippen LogP) is 3.32. The van der Waals surface area contributed by atoms with Crippen LogP contribution in [0.5, 0.6) is 11.5 Å². The number of aromatic nitrogens is 4. The van der Waals surface area contributed by atoms with Gasteiger partial charge in [-0.2, -0.15) is 5.10 Å². The maximum atomic E-state index is 5.78. The van der Waals surface area contributed by atoms with E-state index in [-0.39, 0.29) is 0 Å². The van der Waals surface area contributed by atoms with Gasteiger partial charge >= 0.3 is 0 Å². The molecule has 0 bridgehead atoms. The van der Waals surface area contributed by atoms with Gasteiger partial charge in [0.25, 0.3) is 0 Å². The Kier molecular flexibility index (Phi) is 4.75. The van der Waals surface area contributed by atoms with Crippen LogP contribution >= 0.6 is 0 Å². The van der Waals surface area contributed by atoms with E-state index in [1.807, 2.05) is 36.3 Å². The lowest BCUT2D eigenvalue weighted by molar-refractivity contribution is 0.132. The molecule has 2 aliphatic heterocycles. The molecule has 0 spiro atoms. The first kappa shape index (κ1) is 18.2. The number of benzene rings is 1. The van der Waals surface area contributed by atoms with Crippen molar-refractivity contribution < 1.29 is 9.47 Å². The minimum Gasteiger partial charge on any atom is -0.486 e. The smallest absolute Gasteiger partial charge is 0.162 e. The van der Waals surface area contributed by atoms with Crippen LogP contribution in [0.15, 0.2) is 36.8 Å². The summed E-state index contributed by atoms with van der Waals surface area (Å²) in [6.45, 7) is 3.12. The summed E-state index contributed by atoms with van der Waals surface area (Å²) >= 11 is 0. The second-order valence-electron chi connectivity index (χ2n) is 7.91. The summed E-state index contributed by atoms with van der Waals surface area (Å²) in [5.41, 5.74) is 3.30. The van der Waals surface area contributed by atoms with Gasteiger partial charge in [-0.05, 0) is 37.6 Å². The highest BCUT2D eigenvalue weighted by Gasteiger charge is 2.28. The van der Waals surface area contributed by atoms with Crippen LogP contribution in [0.1, 0.15) is 36.7 Å². The Balaban J connectivity index is 1.45. The van der Waals surface area contributed by atoms with E-state index in [1.54, 1.807) is 0 Å². The van der Waals surface area contributed by atoms with Crippen LogP contribution in [0.2, 0.25) is 0 Å². The Bertz CT molecular complexity index is 1010. The molecule has 3 aromatic rings. The molecule has 29 heavy (non-hydrogen) atoms. The fourth-order valence-electron chi connectivity index (χ4n) is 4.48. The number of aryl methyl sites for hydroxylation is 2. The van der Waals surface area contributed by atoms with Crippen molar-refractivity contribution in [3.8, 4) is 22.8 Å². The lowest BCUT2D eigenvalue weighted by Crippen LogP contribution is -2.34. The lowest BCUT2D eigenvalue weighted by Gasteiger charge is -2.35. The van der Waals surface area contributed by atoms with Crippen molar-refractivity contribution in [1.82, 2.24) is 24.2 Å². The number of nitrogens with zero attached hydrogens (tertiary/aromatic N) is 5. The molecule has 0 amide bonds. The number of likely N-dealkylation sites (tertiary alicyclic amines) is 1. The third-order valence-corrected chi connectivity index (χ3v) is 5.86. The molecule has 2 aromatic heterocycles. The van der Waals surface area contributed by atoms with E-state index in [2.05, 4.69) is 33.8 Å².